The quantitative estimate of drug-likeness (QED) is 0.153. The summed E-state index contributed by atoms with van der Waals surface area (Å²) in [5, 5.41) is 13.1. The van der Waals surface area contributed by atoms with Crippen molar-refractivity contribution in [3.05, 3.63) is 120 Å². The van der Waals surface area contributed by atoms with Crippen LogP contribution in [0.4, 0.5) is 0 Å². The Bertz CT molecular complexity index is 1750. The van der Waals surface area contributed by atoms with Gasteiger partial charge in [0.25, 0.3) is 0 Å². The van der Waals surface area contributed by atoms with Gasteiger partial charge < -0.3 is 0 Å². The molecule has 0 aromatic heterocycles. The van der Waals surface area contributed by atoms with Gasteiger partial charge in [0.15, 0.2) is 0 Å². The molecule has 7 aromatic carbocycles. The fourth-order valence-corrected chi connectivity index (χ4v) is 5.30. The van der Waals surface area contributed by atoms with Gasteiger partial charge >= 0.3 is 0 Å². The average molecular weight is 405 g/mol. The number of rotatable bonds is 2. The highest BCUT2D eigenvalue weighted by molar-refractivity contribution is 6.24. The van der Waals surface area contributed by atoms with E-state index in [0.717, 1.165) is 0 Å². The SMILES string of the molecule is C(=C/c1ccc2ccc3cccc4ccc1c2c34)/c1c2ccccc2cc2ccccc12. The molecule has 0 nitrogen and oxygen atoms in total. The molecular weight excluding hydrogens is 384 g/mol. The molecule has 0 heteroatoms. The van der Waals surface area contributed by atoms with Gasteiger partial charge in [0, 0.05) is 0 Å². The second kappa shape index (κ2) is 6.67. The van der Waals surface area contributed by atoms with E-state index in [0.29, 0.717) is 0 Å². The normalized spacial score (nSPS) is 12.2. The van der Waals surface area contributed by atoms with E-state index in [2.05, 4.69) is 121 Å². The molecule has 0 spiro atoms. The van der Waals surface area contributed by atoms with Gasteiger partial charge in [-0.2, -0.15) is 0 Å². The van der Waals surface area contributed by atoms with Crippen LogP contribution >= 0.6 is 0 Å². The second-order valence-electron chi connectivity index (χ2n) is 8.58. The van der Waals surface area contributed by atoms with Crippen LogP contribution < -0.4 is 0 Å². The average Bonchev–Trinajstić information content (AvgIpc) is 2.85. The Labute approximate surface area is 186 Å². The summed E-state index contributed by atoms with van der Waals surface area (Å²) in [5.41, 5.74) is 2.54. The Morgan fingerprint density at radius 2 is 0.938 bits per heavy atom. The Hall–Kier alpha value is -4.16. The molecule has 148 valence electrons. The van der Waals surface area contributed by atoms with Crippen molar-refractivity contribution in [3.8, 4) is 0 Å². The molecule has 7 aromatic rings. The third-order valence-corrected chi connectivity index (χ3v) is 6.80. The maximum Gasteiger partial charge on any atom is -0.00208 e. The van der Waals surface area contributed by atoms with Crippen LogP contribution in [0.3, 0.4) is 0 Å². The molecule has 0 unspecified atom stereocenters. The number of fused-ring (bicyclic) bond motifs is 2. The predicted octanol–water partition coefficient (Wildman–Crippen LogP) is 9.06. The second-order valence-corrected chi connectivity index (χ2v) is 8.58. The topological polar surface area (TPSA) is 0 Å². The zero-order valence-electron chi connectivity index (χ0n) is 17.5. The molecule has 0 heterocycles. The lowest BCUT2D eigenvalue weighted by atomic mass is 9.91. The maximum absolute atomic E-state index is 2.30. The van der Waals surface area contributed by atoms with Crippen molar-refractivity contribution in [1.82, 2.24) is 0 Å². The first-order valence-corrected chi connectivity index (χ1v) is 11.1. The third kappa shape index (κ3) is 2.50. The van der Waals surface area contributed by atoms with Crippen LogP contribution in [0, 0.1) is 0 Å². The first-order chi connectivity index (χ1) is 15.9. The van der Waals surface area contributed by atoms with Gasteiger partial charge in [-0.3, -0.25) is 0 Å². The smallest absolute Gasteiger partial charge is 0.00208 e. The molecule has 0 radical (unpaired) electrons. The van der Waals surface area contributed by atoms with Crippen molar-refractivity contribution in [2.75, 3.05) is 0 Å². The minimum absolute atomic E-state index is 1.26. The summed E-state index contributed by atoms with van der Waals surface area (Å²) in [6.07, 6.45) is 4.59. The van der Waals surface area contributed by atoms with Crippen LogP contribution in [0.2, 0.25) is 0 Å². The van der Waals surface area contributed by atoms with Crippen molar-refractivity contribution in [1.29, 1.82) is 0 Å². The summed E-state index contributed by atoms with van der Waals surface area (Å²) in [5.74, 6) is 0. The Morgan fingerprint density at radius 1 is 0.375 bits per heavy atom. The highest BCUT2D eigenvalue weighted by atomic mass is 14.1. The molecule has 0 saturated heterocycles. The molecule has 7 rings (SSSR count). The zero-order chi connectivity index (χ0) is 21.1. The van der Waals surface area contributed by atoms with Crippen LogP contribution in [-0.2, 0) is 0 Å². The van der Waals surface area contributed by atoms with Gasteiger partial charge in [0.05, 0.1) is 0 Å². The van der Waals surface area contributed by atoms with Crippen molar-refractivity contribution in [2.45, 2.75) is 0 Å². The van der Waals surface area contributed by atoms with Crippen LogP contribution in [0.1, 0.15) is 11.1 Å². The highest BCUT2D eigenvalue weighted by Crippen LogP contribution is 2.37. The molecule has 0 aliphatic carbocycles. The van der Waals surface area contributed by atoms with E-state index in [-0.39, 0.29) is 0 Å². The van der Waals surface area contributed by atoms with Crippen LogP contribution in [0.25, 0.3) is 66.0 Å². The summed E-state index contributed by atoms with van der Waals surface area (Å²) < 4.78 is 0. The largest absolute Gasteiger partial charge is 0.0616 e. The van der Waals surface area contributed by atoms with Crippen molar-refractivity contribution >= 4 is 66.0 Å². The summed E-state index contributed by atoms with van der Waals surface area (Å²) in [7, 11) is 0. The summed E-state index contributed by atoms with van der Waals surface area (Å²) in [6, 6.07) is 39.8. The zero-order valence-corrected chi connectivity index (χ0v) is 17.5. The Kier molecular flexibility index (Phi) is 3.65. The number of hydrogen-bond donors (Lipinski definition) is 0. The van der Waals surface area contributed by atoms with Gasteiger partial charge in [-0.1, -0.05) is 115 Å². The molecule has 0 aliphatic heterocycles. The lowest BCUT2D eigenvalue weighted by Gasteiger charge is -2.13. The molecule has 0 fully saturated rings. The molecule has 0 saturated carbocycles. The fourth-order valence-electron chi connectivity index (χ4n) is 5.30. The molecule has 0 N–H and O–H groups in total. The monoisotopic (exact) mass is 404 g/mol. The number of hydrogen-bond acceptors (Lipinski definition) is 0. The Morgan fingerprint density at radius 3 is 1.66 bits per heavy atom. The van der Waals surface area contributed by atoms with Gasteiger partial charge in [0.1, 0.15) is 0 Å². The minimum atomic E-state index is 1.26. The van der Waals surface area contributed by atoms with Crippen LogP contribution in [0.5, 0.6) is 0 Å². The first-order valence-electron chi connectivity index (χ1n) is 11.1. The van der Waals surface area contributed by atoms with Gasteiger partial charge in [0.2, 0.25) is 0 Å². The van der Waals surface area contributed by atoms with E-state index in [1.165, 1.54) is 65.0 Å². The molecule has 32 heavy (non-hydrogen) atoms. The third-order valence-electron chi connectivity index (χ3n) is 6.80. The summed E-state index contributed by atoms with van der Waals surface area (Å²) in [6.45, 7) is 0. The lowest BCUT2D eigenvalue weighted by Crippen LogP contribution is -1.86. The Balaban J connectivity index is 1.51. The van der Waals surface area contributed by atoms with Crippen molar-refractivity contribution in [3.63, 3.8) is 0 Å². The van der Waals surface area contributed by atoms with E-state index in [1.54, 1.807) is 0 Å². The molecule has 0 aliphatic rings. The van der Waals surface area contributed by atoms with E-state index < -0.39 is 0 Å². The molecule has 0 atom stereocenters. The van der Waals surface area contributed by atoms with E-state index in [9.17, 15) is 0 Å². The number of benzene rings is 7. The molecular formula is C32H20. The van der Waals surface area contributed by atoms with Gasteiger partial charge in [-0.15, -0.1) is 0 Å². The van der Waals surface area contributed by atoms with Crippen LogP contribution in [0.15, 0.2) is 109 Å². The van der Waals surface area contributed by atoms with E-state index in [4.69, 9.17) is 0 Å². The fraction of sp³-hybridized carbons (Fsp3) is 0. The van der Waals surface area contributed by atoms with Crippen molar-refractivity contribution in [2.24, 2.45) is 0 Å². The highest BCUT2D eigenvalue weighted by Gasteiger charge is 2.10. The summed E-state index contributed by atoms with van der Waals surface area (Å²) >= 11 is 0. The molecule has 0 amide bonds. The minimum Gasteiger partial charge on any atom is -0.0616 e. The van der Waals surface area contributed by atoms with Gasteiger partial charge in [-0.05, 0) is 71.1 Å². The van der Waals surface area contributed by atoms with Gasteiger partial charge in [-0.25, -0.2) is 0 Å². The summed E-state index contributed by atoms with van der Waals surface area (Å²) in [4.78, 5) is 0. The lowest BCUT2D eigenvalue weighted by molar-refractivity contribution is 1.73. The standard InChI is InChI=1S/C32H20/c1-3-10-27-25(6-1)20-26-7-2-4-11-28(26)30(27)19-16-21-12-13-24-15-14-22-8-5-9-23-17-18-29(21)32(24)31(22)23/h1-20H/b19-16-. The maximum atomic E-state index is 2.30. The predicted molar refractivity (Wildman–Crippen MR) is 141 cm³/mol. The van der Waals surface area contributed by atoms with Crippen molar-refractivity contribution < 1.29 is 0 Å². The van der Waals surface area contributed by atoms with E-state index in [1.807, 2.05) is 0 Å². The molecule has 0 bridgehead atoms. The first kappa shape index (κ1) is 17.5. The van der Waals surface area contributed by atoms with E-state index >= 15 is 0 Å². The van der Waals surface area contributed by atoms with Crippen LogP contribution in [-0.4, -0.2) is 0 Å².